The summed E-state index contributed by atoms with van der Waals surface area (Å²) in [5.74, 6) is 0.621. The molecule has 0 saturated carbocycles. The molecule has 1 unspecified atom stereocenters. The van der Waals surface area contributed by atoms with Crippen LogP contribution in [0.1, 0.15) is 32.6 Å². The molecule has 1 fully saturated rings. The molecular weight excluding hydrogens is 292 g/mol. The van der Waals surface area contributed by atoms with Gasteiger partial charge in [-0.2, -0.15) is 0 Å². The van der Waals surface area contributed by atoms with Crippen molar-refractivity contribution in [3.8, 4) is 5.75 Å². The van der Waals surface area contributed by atoms with Crippen molar-refractivity contribution in [3.63, 3.8) is 0 Å². The molecule has 1 heterocycles. The smallest absolute Gasteiger partial charge is 0.225 e. The zero-order chi connectivity index (χ0) is 16.5. The summed E-state index contributed by atoms with van der Waals surface area (Å²) in [7, 11) is 0. The van der Waals surface area contributed by atoms with E-state index in [1.807, 2.05) is 35.2 Å². The van der Waals surface area contributed by atoms with Gasteiger partial charge in [-0.25, -0.2) is 0 Å². The Kier molecular flexibility index (Phi) is 6.91. The third kappa shape index (κ3) is 5.58. The highest BCUT2D eigenvalue weighted by Crippen LogP contribution is 2.18. The molecule has 2 amide bonds. The minimum atomic E-state index is -0.221. The molecule has 1 saturated heterocycles. The van der Waals surface area contributed by atoms with E-state index in [1.54, 1.807) is 0 Å². The van der Waals surface area contributed by atoms with Gasteiger partial charge in [-0.15, -0.1) is 0 Å². The van der Waals surface area contributed by atoms with Crippen molar-refractivity contribution in [2.45, 2.75) is 32.6 Å². The summed E-state index contributed by atoms with van der Waals surface area (Å²) in [6.07, 6.45) is 3.60. The molecule has 0 radical (unpaired) electrons. The van der Waals surface area contributed by atoms with E-state index in [2.05, 4.69) is 12.2 Å². The van der Waals surface area contributed by atoms with Crippen molar-refractivity contribution in [2.24, 2.45) is 5.92 Å². The van der Waals surface area contributed by atoms with Crippen LogP contribution in [-0.2, 0) is 9.59 Å². The van der Waals surface area contributed by atoms with Crippen molar-refractivity contribution >= 4 is 11.8 Å². The Morgan fingerprint density at radius 3 is 2.83 bits per heavy atom. The Morgan fingerprint density at radius 1 is 1.30 bits per heavy atom. The average molecular weight is 318 g/mol. The molecule has 5 nitrogen and oxygen atoms in total. The number of rotatable bonds is 9. The summed E-state index contributed by atoms with van der Waals surface area (Å²) in [4.78, 5) is 25.9. The second-order valence-corrected chi connectivity index (χ2v) is 5.90. The summed E-state index contributed by atoms with van der Waals surface area (Å²) >= 11 is 0. The number of carbonyl (C=O) groups is 2. The fraction of sp³-hybridized carbons (Fsp3) is 0.556. The van der Waals surface area contributed by atoms with E-state index in [0.29, 0.717) is 26.1 Å². The van der Waals surface area contributed by atoms with Crippen LogP contribution in [0.3, 0.4) is 0 Å². The minimum Gasteiger partial charge on any atom is -0.492 e. The van der Waals surface area contributed by atoms with Crippen LogP contribution in [0.25, 0.3) is 0 Å². The van der Waals surface area contributed by atoms with E-state index >= 15 is 0 Å². The lowest BCUT2D eigenvalue weighted by atomic mass is 10.1. The van der Waals surface area contributed by atoms with Crippen molar-refractivity contribution in [1.82, 2.24) is 10.2 Å². The Morgan fingerprint density at radius 2 is 2.09 bits per heavy atom. The molecule has 23 heavy (non-hydrogen) atoms. The van der Waals surface area contributed by atoms with E-state index in [4.69, 9.17) is 4.74 Å². The van der Waals surface area contributed by atoms with Crippen LogP contribution in [0, 0.1) is 5.92 Å². The van der Waals surface area contributed by atoms with Crippen LogP contribution < -0.4 is 10.1 Å². The number of para-hydroxylation sites is 1. The molecule has 126 valence electrons. The van der Waals surface area contributed by atoms with E-state index in [1.165, 1.54) is 0 Å². The number of nitrogens with zero attached hydrogens (tertiary/aromatic N) is 1. The van der Waals surface area contributed by atoms with Gasteiger partial charge in [0.2, 0.25) is 11.8 Å². The number of unbranched alkanes of at least 4 members (excludes halogenated alkanes) is 2. The Bertz CT molecular complexity index is 504. The van der Waals surface area contributed by atoms with Crippen molar-refractivity contribution < 1.29 is 14.3 Å². The minimum absolute atomic E-state index is 0.0481. The van der Waals surface area contributed by atoms with Crippen LogP contribution in [-0.4, -0.2) is 43.0 Å². The van der Waals surface area contributed by atoms with Gasteiger partial charge in [-0.1, -0.05) is 38.0 Å². The maximum Gasteiger partial charge on any atom is 0.225 e. The summed E-state index contributed by atoms with van der Waals surface area (Å²) < 4.78 is 5.53. The number of amides is 2. The van der Waals surface area contributed by atoms with Gasteiger partial charge < -0.3 is 15.0 Å². The van der Waals surface area contributed by atoms with E-state index in [-0.39, 0.29) is 17.7 Å². The molecule has 0 spiro atoms. The number of benzene rings is 1. The molecule has 1 atom stereocenters. The fourth-order valence-electron chi connectivity index (χ4n) is 2.72. The Hall–Kier alpha value is -2.04. The van der Waals surface area contributed by atoms with Crippen LogP contribution >= 0.6 is 0 Å². The highest BCUT2D eigenvalue weighted by Gasteiger charge is 2.33. The van der Waals surface area contributed by atoms with Crippen LogP contribution in [0.2, 0.25) is 0 Å². The van der Waals surface area contributed by atoms with Gasteiger partial charge in [-0.3, -0.25) is 9.59 Å². The van der Waals surface area contributed by atoms with Crippen LogP contribution in [0.5, 0.6) is 5.75 Å². The molecule has 0 bridgehead atoms. The zero-order valence-corrected chi connectivity index (χ0v) is 13.8. The lowest BCUT2D eigenvalue weighted by molar-refractivity contribution is -0.129. The van der Waals surface area contributed by atoms with Crippen molar-refractivity contribution in [2.75, 3.05) is 26.2 Å². The standard InChI is InChI=1S/C18H26N2O3/c1-2-3-7-11-20-14-15(13-17(20)21)18(22)19-10-12-23-16-8-5-4-6-9-16/h4-6,8-9,15H,2-3,7,10-14H2,1H3,(H,19,22). The summed E-state index contributed by atoms with van der Waals surface area (Å²) in [6.45, 7) is 4.34. The third-order valence-corrected chi connectivity index (χ3v) is 4.03. The van der Waals surface area contributed by atoms with Gasteiger partial charge in [0, 0.05) is 19.5 Å². The molecule has 0 aromatic heterocycles. The lowest BCUT2D eigenvalue weighted by Crippen LogP contribution is -2.35. The maximum atomic E-state index is 12.1. The molecule has 0 aliphatic carbocycles. The molecule has 1 aromatic rings. The first-order chi connectivity index (χ1) is 11.2. The number of hydrogen-bond acceptors (Lipinski definition) is 3. The molecule has 1 N–H and O–H groups in total. The first-order valence-electron chi connectivity index (χ1n) is 8.44. The second-order valence-electron chi connectivity index (χ2n) is 5.90. The molecule has 1 aliphatic rings. The van der Waals surface area contributed by atoms with Crippen LogP contribution in [0.15, 0.2) is 30.3 Å². The second kappa shape index (κ2) is 9.18. The maximum absolute atomic E-state index is 12.1. The van der Waals surface area contributed by atoms with Gasteiger partial charge in [-0.05, 0) is 18.6 Å². The average Bonchev–Trinajstić information content (AvgIpc) is 2.94. The van der Waals surface area contributed by atoms with Gasteiger partial charge in [0.25, 0.3) is 0 Å². The summed E-state index contributed by atoms with van der Waals surface area (Å²) in [6, 6.07) is 9.51. The van der Waals surface area contributed by atoms with E-state index < -0.39 is 0 Å². The van der Waals surface area contributed by atoms with Gasteiger partial charge >= 0.3 is 0 Å². The van der Waals surface area contributed by atoms with Crippen LogP contribution in [0.4, 0.5) is 0 Å². The molecule has 1 aliphatic heterocycles. The summed E-state index contributed by atoms with van der Waals surface area (Å²) in [5, 5.41) is 2.86. The topological polar surface area (TPSA) is 58.6 Å². The number of carbonyl (C=O) groups excluding carboxylic acids is 2. The molecule has 2 rings (SSSR count). The molecule has 5 heteroatoms. The normalized spacial score (nSPS) is 17.3. The third-order valence-electron chi connectivity index (χ3n) is 4.03. The predicted molar refractivity (Wildman–Crippen MR) is 89.2 cm³/mol. The quantitative estimate of drug-likeness (QED) is 0.710. The predicted octanol–water partition coefficient (Wildman–Crippen LogP) is 2.22. The number of likely N-dealkylation sites (tertiary alicyclic amines) is 1. The molecular formula is C18H26N2O3. The van der Waals surface area contributed by atoms with Gasteiger partial charge in [0.05, 0.1) is 12.5 Å². The van der Waals surface area contributed by atoms with E-state index in [0.717, 1.165) is 31.6 Å². The van der Waals surface area contributed by atoms with Gasteiger partial charge in [0.15, 0.2) is 0 Å². The van der Waals surface area contributed by atoms with Gasteiger partial charge in [0.1, 0.15) is 12.4 Å². The lowest BCUT2D eigenvalue weighted by Gasteiger charge is -2.16. The highest BCUT2D eigenvalue weighted by molar-refractivity contribution is 5.89. The van der Waals surface area contributed by atoms with Crippen molar-refractivity contribution in [3.05, 3.63) is 30.3 Å². The van der Waals surface area contributed by atoms with E-state index in [9.17, 15) is 9.59 Å². The Balaban J connectivity index is 1.65. The van der Waals surface area contributed by atoms with Crippen molar-refractivity contribution in [1.29, 1.82) is 0 Å². The Labute approximate surface area is 138 Å². The monoisotopic (exact) mass is 318 g/mol. The number of hydrogen-bond donors (Lipinski definition) is 1. The fourth-order valence-corrected chi connectivity index (χ4v) is 2.72. The zero-order valence-electron chi connectivity index (χ0n) is 13.8. The largest absolute Gasteiger partial charge is 0.492 e. The highest BCUT2D eigenvalue weighted by atomic mass is 16.5. The molecule has 1 aromatic carbocycles. The first-order valence-corrected chi connectivity index (χ1v) is 8.44. The number of nitrogens with one attached hydrogen (secondary N) is 1. The number of ether oxygens (including phenoxy) is 1. The summed E-state index contributed by atoms with van der Waals surface area (Å²) in [5.41, 5.74) is 0. The first kappa shape index (κ1) is 17.3. The SMILES string of the molecule is CCCCCN1CC(C(=O)NCCOc2ccccc2)CC1=O.